The highest BCUT2D eigenvalue weighted by Crippen LogP contribution is 2.16. The maximum atomic E-state index is 12.3. The molecule has 0 fully saturated rings. The normalized spacial score (nSPS) is 11.9. The molecule has 0 saturated heterocycles. The quantitative estimate of drug-likeness (QED) is 0.806. The topological polar surface area (TPSA) is 59.8 Å². The Hall–Kier alpha value is -2.95. The summed E-state index contributed by atoms with van der Waals surface area (Å²) in [6.07, 6.45) is 3.15. The van der Waals surface area contributed by atoms with Crippen molar-refractivity contribution < 1.29 is 4.79 Å². The van der Waals surface area contributed by atoms with Crippen LogP contribution < -0.4 is 5.32 Å². The largest absolute Gasteiger partial charge is 0.346 e. The molecule has 0 aliphatic heterocycles. The summed E-state index contributed by atoms with van der Waals surface area (Å²) < 4.78 is 1.69. The van der Waals surface area contributed by atoms with Gasteiger partial charge in [0.1, 0.15) is 12.7 Å². The smallest absolute Gasteiger partial charge is 0.251 e. The van der Waals surface area contributed by atoms with E-state index in [1.54, 1.807) is 11.0 Å². The van der Waals surface area contributed by atoms with Crippen molar-refractivity contribution in [1.82, 2.24) is 20.1 Å². The summed E-state index contributed by atoms with van der Waals surface area (Å²) in [7, 11) is 0. The molecule has 1 amide bonds. The molecule has 1 atom stereocenters. The highest BCUT2D eigenvalue weighted by Gasteiger charge is 2.11. The van der Waals surface area contributed by atoms with Crippen molar-refractivity contribution in [1.29, 1.82) is 0 Å². The van der Waals surface area contributed by atoms with Crippen LogP contribution >= 0.6 is 0 Å². The molecule has 0 bridgehead atoms. The monoisotopic (exact) mass is 306 g/mol. The van der Waals surface area contributed by atoms with Crippen LogP contribution in [0.3, 0.4) is 0 Å². The first-order valence-corrected chi connectivity index (χ1v) is 7.46. The molecule has 1 heterocycles. The molecule has 3 aromatic rings. The number of carbonyl (C=O) groups excluding carboxylic acids is 1. The van der Waals surface area contributed by atoms with Gasteiger partial charge in [-0.25, -0.2) is 9.67 Å². The van der Waals surface area contributed by atoms with E-state index in [9.17, 15) is 4.79 Å². The Balaban J connectivity index is 1.69. The fraction of sp³-hybridized carbons (Fsp3) is 0.167. The Kier molecular flexibility index (Phi) is 4.19. The summed E-state index contributed by atoms with van der Waals surface area (Å²) in [6, 6.07) is 15.4. The van der Waals surface area contributed by atoms with E-state index in [1.807, 2.05) is 62.4 Å². The molecule has 5 heteroatoms. The molecule has 0 aliphatic rings. The van der Waals surface area contributed by atoms with Crippen molar-refractivity contribution in [3.05, 3.63) is 77.9 Å². The van der Waals surface area contributed by atoms with E-state index in [0.29, 0.717) is 5.56 Å². The molecule has 5 nitrogen and oxygen atoms in total. The third-order valence-electron chi connectivity index (χ3n) is 3.74. The lowest BCUT2D eigenvalue weighted by molar-refractivity contribution is 0.0940. The van der Waals surface area contributed by atoms with Crippen LogP contribution in [0.1, 0.15) is 34.5 Å². The molecule has 1 N–H and O–H groups in total. The predicted molar refractivity (Wildman–Crippen MR) is 88.4 cm³/mol. The minimum atomic E-state index is -0.0754. The number of amides is 1. The van der Waals surface area contributed by atoms with Crippen LogP contribution in [0, 0.1) is 6.92 Å². The average Bonchev–Trinajstić information content (AvgIpc) is 3.10. The molecule has 0 radical (unpaired) electrons. The van der Waals surface area contributed by atoms with Crippen LogP contribution in [0.4, 0.5) is 0 Å². The van der Waals surface area contributed by atoms with E-state index in [2.05, 4.69) is 15.4 Å². The zero-order valence-electron chi connectivity index (χ0n) is 13.1. The number of hydrogen-bond acceptors (Lipinski definition) is 3. The summed E-state index contributed by atoms with van der Waals surface area (Å²) in [5.74, 6) is -0.0714. The van der Waals surface area contributed by atoms with Gasteiger partial charge in [0, 0.05) is 5.56 Å². The summed E-state index contributed by atoms with van der Waals surface area (Å²) in [5.41, 5.74) is 3.78. The second-order valence-electron chi connectivity index (χ2n) is 5.49. The number of nitrogens with one attached hydrogen (secondary N) is 1. The first-order chi connectivity index (χ1) is 11.1. The molecule has 2 aromatic carbocycles. The van der Waals surface area contributed by atoms with Gasteiger partial charge in [0.2, 0.25) is 0 Å². The lowest BCUT2D eigenvalue weighted by Gasteiger charge is -2.15. The molecule has 3 rings (SSSR count). The average molecular weight is 306 g/mol. The number of nitrogens with zero attached hydrogens (tertiary/aromatic N) is 3. The molecule has 23 heavy (non-hydrogen) atoms. The Morgan fingerprint density at radius 1 is 1.09 bits per heavy atom. The van der Waals surface area contributed by atoms with E-state index in [1.165, 1.54) is 6.33 Å². The highest BCUT2D eigenvalue weighted by atomic mass is 16.1. The molecule has 116 valence electrons. The van der Waals surface area contributed by atoms with Crippen LogP contribution in [-0.2, 0) is 0 Å². The van der Waals surface area contributed by atoms with Gasteiger partial charge in [-0.2, -0.15) is 5.10 Å². The van der Waals surface area contributed by atoms with E-state index >= 15 is 0 Å². The van der Waals surface area contributed by atoms with E-state index in [4.69, 9.17) is 0 Å². The van der Waals surface area contributed by atoms with Crippen molar-refractivity contribution >= 4 is 5.91 Å². The van der Waals surface area contributed by atoms with Crippen LogP contribution in [0.15, 0.2) is 61.2 Å². The molecule has 1 unspecified atom stereocenters. The van der Waals surface area contributed by atoms with Crippen molar-refractivity contribution in [3.8, 4) is 5.69 Å². The van der Waals surface area contributed by atoms with Crippen molar-refractivity contribution in [3.63, 3.8) is 0 Å². The molecule has 0 saturated carbocycles. The fourth-order valence-electron chi connectivity index (χ4n) is 2.33. The van der Waals surface area contributed by atoms with E-state index in [0.717, 1.165) is 16.8 Å². The zero-order chi connectivity index (χ0) is 16.2. The van der Waals surface area contributed by atoms with Crippen molar-refractivity contribution in [2.24, 2.45) is 0 Å². The van der Waals surface area contributed by atoms with Gasteiger partial charge in [0.25, 0.3) is 5.91 Å². The maximum absolute atomic E-state index is 12.3. The zero-order valence-corrected chi connectivity index (χ0v) is 13.1. The minimum Gasteiger partial charge on any atom is -0.346 e. The van der Waals surface area contributed by atoms with Crippen LogP contribution in [0.25, 0.3) is 5.69 Å². The Morgan fingerprint density at radius 3 is 2.39 bits per heavy atom. The van der Waals surface area contributed by atoms with Crippen LogP contribution in [0.2, 0.25) is 0 Å². The third-order valence-corrected chi connectivity index (χ3v) is 3.74. The number of benzene rings is 2. The first kappa shape index (κ1) is 15.0. The number of carbonyl (C=O) groups is 1. The molecule has 1 aromatic heterocycles. The lowest BCUT2D eigenvalue weighted by Crippen LogP contribution is -2.26. The van der Waals surface area contributed by atoms with Crippen molar-refractivity contribution in [2.75, 3.05) is 0 Å². The van der Waals surface area contributed by atoms with Gasteiger partial charge in [-0.15, -0.1) is 0 Å². The molecule has 0 aliphatic carbocycles. The highest BCUT2D eigenvalue weighted by molar-refractivity contribution is 5.94. The maximum Gasteiger partial charge on any atom is 0.251 e. The number of rotatable bonds is 4. The van der Waals surface area contributed by atoms with E-state index < -0.39 is 0 Å². The molecular weight excluding hydrogens is 288 g/mol. The number of hydrogen-bond donors (Lipinski definition) is 1. The van der Waals surface area contributed by atoms with Gasteiger partial charge < -0.3 is 5.32 Å². The standard InChI is InChI=1S/C18H18N4O/c1-13-3-5-16(6-4-13)18(23)21-14(2)15-7-9-17(10-8-15)22-12-19-11-20-22/h3-12,14H,1-2H3,(H,21,23). The van der Waals surface area contributed by atoms with Gasteiger partial charge in [-0.1, -0.05) is 29.8 Å². The summed E-state index contributed by atoms with van der Waals surface area (Å²) in [4.78, 5) is 16.2. The summed E-state index contributed by atoms with van der Waals surface area (Å²) >= 11 is 0. The van der Waals surface area contributed by atoms with Crippen molar-refractivity contribution in [2.45, 2.75) is 19.9 Å². The van der Waals surface area contributed by atoms with Crippen LogP contribution in [0.5, 0.6) is 0 Å². The summed E-state index contributed by atoms with van der Waals surface area (Å²) in [5, 5.41) is 7.10. The van der Waals surface area contributed by atoms with Gasteiger partial charge in [-0.05, 0) is 43.7 Å². The second-order valence-corrected chi connectivity index (χ2v) is 5.49. The third kappa shape index (κ3) is 3.45. The Labute approximate surface area is 135 Å². The molecule has 0 spiro atoms. The number of aromatic nitrogens is 3. The van der Waals surface area contributed by atoms with Gasteiger partial charge in [-0.3, -0.25) is 4.79 Å². The first-order valence-electron chi connectivity index (χ1n) is 7.46. The summed E-state index contributed by atoms with van der Waals surface area (Å²) in [6.45, 7) is 3.97. The van der Waals surface area contributed by atoms with Gasteiger partial charge >= 0.3 is 0 Å². The van der Waals surface area contributed by atoms with Gasteiger partial charge in [0.15, 0.2) is 0 Å². The predicted octanol–water partition coefficient (Wildman–Crippen LogP) is 3.07. The fourth-order valence-corrected chi connectivity index (χ4v) is 2.33. The Bertz CT molecular complexity index is 777. The molecular formula is C18H18N4O. The number of aryl methyl sites for hydroxylation is 1. The van der Waals surface area contributed by atoms with Gasteiger partial charge in [0.05, 0.1) is 11.7 Å². The minimum absolute atomic E-state index is 0.0714. The second kappa shape index (κ2) is 6.44. The Morgan fingerprint density at radius 2 is 1.78 bits per heavy atom. The van der Waals surface area contributed by atoms with Crippen LogP contribution in [-0.4, -0.2) is 20.7 Å². The lowest BCUT2D eigenvalue weighted by atomic mass is 10.1. The SMILES string of the molecule is Cc1ccc(C(=O)NC(C)c2ccc(-n3cncn3)cc2)cc1. The van der Waals surface area contributed by atoms with E-state index in [-0.39, 0.29) is 11.9 Å².